The van der Waals surface area contributed by atoms with Crippen molar-refractivity contribution < 1.29 is 24.2 Å². The van der Waals surface area contributed by atoms with Gasteiger partial charge in [0, 0.05) is 0 Å². The number of rotatable bonds is 6. The molecule has 23 heavy (non-hydrogen) atoms. The first kappa shape index (κ1) is 16.5. The van der Waals surface area contributed by atoms with Gasteiger partial charge in [-0.25, -0.2) is 9.59 Å². The molecule has 2 aromatic carbocycles. The minimum atomic E-state index is -0.987. The quantitative estimate of drug-likeness (QED) is 0.654. The molecule has 0 spiro atoms. The third-order valence-corrected chi connectivity index (χ3v) is 3.29. The van der Waals surface area contributed by atoms with Crippen LogP contribution in [0.2, 0.25) is 0 Å². The molecule has 0 saturated carbocycles. The topological polar surface area (TPSA) is 72.8 Å². The molecule has 0 bridgehead atoms. The van der Waals surface area contributed by atoms with Crippen LogP contribution in [-0.4, -0.2) is 30.3 Å². The lowest BCUT2D eigenvalue weighted by Gasteiger charge is -2.09. The first-order chi connectivity index (χ1) is 11.0. The van der Waals surface area contributed by atoms with Crippen LogP contribution in [0.4, 0.5) is 0 Å². The van der Waals surface area contributed by atoms with Crippen molar-refractivity contribution in [3.63, 3.8) is 0 Å². The summed E-state index contributed by atoms with van der Waals surface area (Å²) in [6.45, 7) is 4.14. The molecule has 0 aliphatic rings. The number of carboxylic acids is 1. The number of aromatic carboxylic acids is 1. The minimum absolute atomic E-state index is 0.118. The molecule has 0 aliphatic carbocycles. The summed E-state index contributed by atoms with van der Waals surface area (Å²) in [5.41, 5.74) is 2.70. The lowest BCUT2D eigenvalue weighted by molar-refractivity contribution is 0.0449. The summed E-state index contributed by atoms with van der Waals surface area (Å²) >= 11 is 0. The molecule has 5 nitrogen and oxygen atoms in total. The van der Waals surface area contributed by atoms with Crippen molar-refractivity contribution >= 4 is 11.9 Å². The van der Waals surface area contributed by atoms with Crippen molar-refractivity contribution in [3.05, 3.63) is 64.7 Å². The highest BCUT2D eigenvalue weighted by atomic mass is 16.6. The second kappa shape index (κ2) is 7.45. The smallest absolute Gasteiger partial charge is 0.338 e. The summed E-state index contributed by atoms with van der Waals surface area (Å²) in [6, 6.07) is 11.6. The van der Waals surface area contributed by atoms with Crippen LogP contribution in [0.1, 0.15) is 31.8 Å². The Labute approximate surface area is 134 Å². The maximum atomic E-state index is 12.0. The van der Waals surface area contributed by atoms with E-state index in [-0.39, 0.29) is 24.7 Å². The standard InChI is InChI=1S/C18H18O5/c1-12-3-8-16(13(2)11-12)18(21)23-10-9-22-15-6-4-14(5-7-15)17(19)20/h3-8,11H,9-10H2,1-2H3,(H,19,20). The number of esters is 1. The third kappa shape index (κ3) is 4.57. The van der Waals surface area contributed by atoms with Crippen LogP contribution in [0.25, 0.3) is 0 Å². The molecule has 120 valence electrons. The zero-order chi connectivity index (χ0) is 16.8. The van der Waals surface area contributed by atoms with Crippen LogP contribution >= 0.6 is 0 Å². The van der Waals surface area contributed by atoms with E-state index in [1.54, 1.807) is 18.2 Å². The van der Waals surface area contributed by atoms with Crippen LogP contribution < -0.4 is 4.74 Å². The van der Waals surface area contributed by atoms with Gasteiger partial charge in [-0.15, -0.1) is 0 Å². The van der Waals surface area contributed by atoms with Gasteiger partial charge in [-0.3, -0.25) is 0 Å². The molecule has 0 unspecified atom stereocenters. The van der Waals surface area contributed by atoms with E-state index < -0.39 is 5.97 Å². The normalized spacial score (nSPS) is 10.2. The molecule has 1 N–H and O–H groups in total. The van der Waals surface area contributed by atoms with E-state index in [2.05, 4.69) is 0 Å². The second-order valence-corrected chi connectivity index (χ2v) is 5.13. The fraction of sp³-hybridized carbons (Fsp3) is 0.222. The SMILES string of the molecule is Cc1ccc(C(=O)OCCOc2ccc(C(=O)O)cc2)c(C)c1. The van der Waals surface area contributed by atoms with Crippen molar-refractivity contribution in [3.8, 4) is 5.75 Å². The van der Waals surface area contributed by atoms with Crippen molar-refractivity contribution in [1.29, 1.82) is 0 Å². The monoisotopic (exact) mass is 314 g/mol. The zero-order valence-corrected chi connectivity index (χ0v) is 13.0. The highest BCUT2D eigenvalue weighted by Gasteiger charge is 2.10. The van der Waals surface area contributed by atoms with Gasteiger partial charge in [0.25, 0.3) is 0 Å². The van der Waals surface area contributed by atoms with Crippen molar-refractivity contribution in [2.45, 2.75) is 13.8 Å². The summed E-state index contributed by atoms with van der Waals surface area (Å²) < 4.78 is 10.6. The van der Waals surface area contributed by atoms with Gasteiger partial charge >= 0.3 is 11.9 Å². The van der Waals surface area contributed by atoms with Gasteiger partial charge in [0.2, 0.25) is 0 Å². The zero-order valence-electron chi connectivity index (χ0n) is 13.0. The Morgan fingerprint density at radius 2 is 1.70 bits per heavy atom. The number of carbonyl (C=O) groups excluding carboxylic acids is 1. The molecule has 0 radical (unpaired) electrons. The number of benzene rings is 2. The molecule has 2 aromatic rings. The van der Waals surface area contributed by atoms with Gasteiger partial charge in [-0.1, -0.05) is 17.7 Å². The molecule has 0 aliphatic heterocycles. The number of ether oxygens (including phenoxy) is 2. The van der Waals surface area contributed by atoms with Gasteiger partial charge in [-0.2, -0.15) is 0 Å². The van der Waals surface area contributed by atoms with Crippen molar-refractivity contribution in [1.82, 2.24) is 0 Å². The average Bonchev–Trinajstić information content (AvgIpc) is 2.51. The number of carbonyl (C=O) groups is 2. The predicted molar refractivity (Wildman–Crippen MR) is 85.1 cm³/mol. The Balaban J connectivity index is 1.80. The van der Waals surface area contributed by atoms with Crippen LogP contribution in [0.5, 0.6) is 5.75 Å². The largest absolute Gasteiger partial charge is 0.490 e. The molecule has 0 atom stereocenters. The van der Waals surface area contributed by atoms with E-state index in [1.165, 1.54) is 12.1 Å². The van der Waals surface area contributed by atoms with Crippen LogP contribution in [0.15, 0.2) is 42.5 Å². The molecule has 0 saturated heterocycles. The lowest BCUT2D eigenvalue weighted by Crippen LogP contribution is -2.13. The minimum Gasteiger partial charge on any atom is -0.490 e. The van der Waals surface area contributed by atoms with Crippen molar-refractivity contribution in [2.24, 2.45) is 0 Å². The third-order valence-electron chi connectivity index (χ3n) is 3.29. The fourth-order valence-electron chi connectivity index (χ4n) is 2.11. The Morgan fingerprint density at radius 1 is 1.00 bits per heavy atom. The Morgan fingerprint density at radius 3 is 2.30 bits per heavy atom. The summed E-state index contributed by atoms with van der Waals surface area (Å²) in [4.78, 5) is 22.7. The Hall–Kier alpha value is -2.82. The van der Waals surface area contributed by atoms with E-state index in [9.17, 15) is 9.59 Å². The van der Waals surface area contributed by atoms with Gasteiger partial charge in [0.05, 0.1) is 11.1 Å². The average molecular weight is 314 g/mol. The van der Waals surface area contributed by atoms with Crippen LogP contribution in [0, 0.1) is 13.8 Å². The molecular formula is C18H18O5. The number of hydrogen-bond donors (Lipinski definition) is 1. The maximum Gasteiger partial charge on any atom is 0.338 e. The highest BCUT2D eigenvalue weighted by molar-refractivity contribution is 5.91. The molecular weight excluding hydrogens is 296 g/mol. The van der Waals surface area contributed by atoms with Gasteiger partial charge in [0.1, 0.15) is 19.0 Å². The summed E-state index contributed by atoms with van der Waals surface area (Å²) in [6.07, 6.45) is 0. The molecule has 5 heteroatoms. The molecule has 2 rings (SSSR count). The van der Waals surface area contributed by atoms with Gasteiger partial charge in [0.15, 0.2) is 0 Å². The van der Waals surface area contributed by atoms with Crippen LogP contribution in [-0.2, 0) is 4.74 Å². The molecule has 0 aromatic heterocycles. The number of hydrogen-bond acceptors (Lipinski definition) is 4. The van der Waals surface area contributed by atoms with E-state index >= 15 is 0 Å². The van der Waals surface area contributed by atoms with E-state index in [0.29, 0.717) is 11.3 Å². The number of carboxylic acid groups (broad SMARTS) is 1. The highest BCUT2D eigenvalue weighted by Crippen LogP contribution is 2.13. The van der Waals surface area contributed by atoms with Gasteiger partial charge < -0.3 is 14.6 Å². The second-order valence-electron chi connectivity index (χ2n) is 5.13. The molecule has 0 amide bonds. The predicted octanol–water partition coefficient (Wildman–Crippen LogP) is 3.24. The summed E-state index contributed by atoms with van der Waals surface area (Å²) in [5.74, 6) is -0.844. The lowest BCUT2D eigenvalue weighted by atomic mass is 10.1. The maximum absolute atomic E-state index is 12.0. The number of aryl methyl sites for hydroxylation is 2. The molecule has 0 fully saturated rings. The Kier molecular flexibility index (Phi) is 5.36. The van der Waals surface area contributed by atoms with Crippen LogP contribution in [0.3, 0.4) is 0 Å². The summed E-state index contributed by atoms with van der Waals surface area (Å²) in [7, 11) is 0. The van der Waals surface area contributed by atoms with E-state index in [4.69, 9.17) is 14.6 Å². The Bertz CT molecular complexity index is 704. The first-order valence-electron chi connectivity index (χ1n) is 7.18. The van der Waals surface area contributed by atoms with E-state index in [1.807, 2.05) is 26.0 Å². The first-order valence-corrected chi connectivity index (χ1v) is 7.18. The molecule has 0 heterocycles. The van der Waals surface area contributed by atoms with E-state index in [0.717, 1.165) is 11.1 Å². The fourth-order valence-corrected chi connectivity index (χ4v) is 2.11. The van der Waals surface area contributed by atoms with Crippen molar-refractivity contribution in [2.75, 3.05) is 13.2 Å². The van der Waals surface area contributed by atoms with Gasteiger partial charge in [-0.05, 0) is 49.7 Å². The summed E-state index contributed by atoms with van der Waals surface area (Å²) in [5, 5.41) is 8.80.